The second kappa shape index (κ2) is 53.5. The molecule has 8 rings (SSSR count). The smallest absolute Gasteiger partial charge is 0.217 e. The molecule has 8 heterocycles. The Kier molecular flexibility index (Phi) is 51.3. The third-order valence-corrected chi connectivity index (χ3v) is 21.8. The van der Waals surface area contributed by atoms with E-state index in [4.69, 9.17) is 74.9 Å². The van der Waals surface area contributed by atoms with Crippen LogP contribution in [0.25, 0.3) is 0 Å². The first kappa shape index (κ1) is 113. The van der Waals surface area contributed by atoms with Crippen molar-refractivity contribution in [1.29, 1.82) is 0 Å². The van der Waals surface area contributed by atoms with E-state index in [2.05, 4.69) is 16.0 Å². The first-order valence-corrected chi connectivity index (χ1v) is 41.0. The fourth-order valence-corrected chi connectivity index (χ4v) is 14.6. The standard InChI is InChI=1S/3C11H21NO5.C9H19NO3.C9H19NO2.3C9H18O5/c1-5(2)11-8(12-6(3)14)10(16)9(15)7(4-13)17-11;1-5(2)11-10(16)8(12-6(3)14)9(15)7(4-13)17-11;1-5(2)11-10(16)9(15)8(14)7(17-11)4-12-6(3)13;1-4(2)9-8(12)6(10)7(11)5(3)13-9;1-5(2)9-8(11)7(10)4-6(3)12-9;3*1-4(2)9-8(13)7(12)6(11)5(3-10)14-9/h2*5,7-11,13,15-16H,4H2,1-3H3,(H,12,14);5,7-11,14-16H,4H2,1-3H3,(H,12,13);4-9,11-12H,10H2,1-3H3;5-9,11H,4,10H2,1-3H3;3*4-13H,3H2,1-2H3/t7?,8-,9+,10?,11-;7?,8?,9-,10+,11+;7?,8-,9?,10+,11+;5?,6?,7-,8+,9+;6?,7?,8-,9-;5?,6-,7?,8+,9-;5?,6-,7?,8-,9+;5?,6-,7?,8-,9-/m01110010/s1. The van der Waals surface area contributed by atoms with Gasteiger partial charge in [-0.3, -0.25) is 14.4 Å². The van der Waals surface area contributed by atoms with Crippen molar-refractivity contribution in [2.24, 2.45) is 58.8 Å². The molecule has 8 saturated heterocycles. The number of nitrogens with two attached hydrogens (primary N) is 2. The van der Waals surface area contributed by atoms with Gasteiger partial charge >= 0.3 is 0 Å². The van der Waals surface area contributed by atoms with E-state index in [1.165, 1.54) is 20.8 Å². The van der Waals surface area contributed by atoms with Gasteiger partial charge in [0, 0.05) is 33.4 Å². The lowest BCUT2D eigenvalue weighted by Crippen LogP contribution is -2.65. The summed E-state index contributed by atoms with van der Waals surface area (Å²) >= 11 is 0. The maximum atomic E-state index is 11.1. The molecule has 40 nitrogen and oxygen atoms in total. The Labute approximate surface area is 694 Å². The van der Waals surface area contributed by atoms with Crippen LogP contribution in [0.4, 0.5) is 0 Å². The molecule has 0 aliphatic carbocycles. The highest BCUT2D eigenvalue weighted by atomic mass is 16.6. The van der Waals surface area contributed by atoms with Crippen molar-refractivity contribution in [1.82, 2.24) is 16.0 Å². The summed E-state index contributed by atoms with van der Waals surface area (Å²) in [4.78, 5) is 32.9. The predicted octanol–water partition coefficient (Wildman–Crippen LogP) is -8.67. The van der Waals surface area contributed by atoms with Gasteiger partial charge in [-0.15, -0.1) is 0 Å². The summed E-state index contributed by atoms with van der Waals surface area (Å²) in [6.45, 7) is 36.3. The molecule has 8 fully saturated rings. The van der Waals surface area contributed by atoms with Crippen molar-refractivity contribution in [2.45, 2.75) is 390 Å². The maximum absolute atomic E-state index is 11.1. The van der Waals surface area contributed by atoms with Gasteiger partial charge in [0.25, 0.3) is 0 Å². The minimum atomic E-state index is -1.26. The van der Waals surface area contributed by atoms with Gasteiger partial charge in [0.15, 0.2) is 0 Å². The van der Waals surface area contributed by atoms with Crippen LogP contribution < -0.4 is 27.4 Å². The Bertz CT molecular complexity index is 2640. The lowest BCUT2D eigenvalue weighted by atomic mass is 9.87. The van der Waals surface area contributed by atoms with Crippen molar-refractivity contribution in [3.05, 3.63) is 0 Å². The van der Waals surface area contributed by atoms with Crippen LogP contribution in [0, 0.1) is 47.3 Å². The van der Waals surface area contributed by atoms with Gasteiger partial charge in [-0.1, -0.05) is 111 Å². The minimum Gasteiger partial charge on any atom is -0.394 e. The highest BCUT2D eigenvalue weighted by molar-refractivity contribution is 5.74. The summed E-state index contributed by atoms with van der Waals surface area (Å²) in [5.74, 6) is -0.221. The summed E-state index contributed by atoms with van der Waals surface area (Å²) in [6.07, 6.45) is -28.5. The number of rotatable bonds is 17. The number of carbonyl (C=O) groups excluding carboxylic acids is 3. The summed E-state index contributed by atoms with van der Waals surface area (Å²) in [6, 6.07) is -2.20. The molecule has 702 valence electrons. The molecule has 3 amide bonds. The molecule has 39 atom stereocenters. The fraction of sp³-hybridized carbons (Fsp3) is 0.962. The van der Waals surface area contributed by atoms with Crippen molar-refractivity contribution >= 4 is 17.7 Å². The van der Waals surface area contributed by atoms with E-state index in [9.17, 15) is 111 Å². The van der Waals surface area contributed by atoms with Crippen LogP contribution in [-0.4, -0.2) is 418 Å². The molecule has 0 radical (unpaired) electrons. The van der Waals surface area contributed by atoms with Gasteiger partial charge in [0.2, 0.25) is 17.7 Å². The molecule has 0 aromatic carbocycles. The van der Waals surface area contributed by atoms with Crippen molar-refractivity contribution in [2.75, 3.05) is 39.6 Å². The molecule has 8 aliphatic rings. The lowest BCUT2D eigenvalue weighted by Gasteiger charge is -2.44. The second-order valence-electron chi connectivity index (χ2n) is 34.6. The highest BCUT2D eigenvalue weighted by Crippen LogP contribution is 2.33. The van der Waals surface area contributed by atoms with Crippen molar-refractivity contribution in [3.63, 3.8) is 0 Å². The van der Waals surface area contributed by atoms with Crippen LogP contribution in [0.3, 0.4) is 0 Å². The highest BCUT2D eigenvalue weighted by Gasteiger charge is 2.51. The van der Waals surface area contributed by atoms with E-state index in [1.54, 1.807) is 6.92 Å². The third kappa shape index (κ3) is 32.8. The van der Waals surface area contributed by atoms with E-state index in [0.29, 0.717) is 5.92 Å². The van der Waals surface area contributed by atoms with Gasteiger partial charge in [-0.05, 0) is 67.6 Å². The molecule has 31 N–H and O–H groups in total. The van der Waals surface area contributed by atoms with Gasteiger partial charge < -0.3 is 188 Å². The number of nitrogens with one attached hydrogen (secondary N) is 3. The van der Waals surface area contributed by atoms with Crippen LogP contribution in [0.5, 0.6) is 0 Å². The van der Waals surface area contributed by atoms with E-state index >= 15 is 0 Å². The number of carbonyl (C=O) groups is 3. The molecule has 16 unspecified atom stereocenters. The minimum absolute atomic E-state index is 0.00646. The Balaban J connectivity index is 0.000000676. The van der Waals surface area contributed by atoms with Crippen LogP contribution in [-0.2, 0) is 52.3 Å². The molecule has 40 heteroatoms. The molecular weight excluding hydrogens is 1570 g/mol. The fourth-order valence-electron chi connectivity index (χ4n) is 14.6. The van der Waals surface area contributed by atoms with Crippen molar-refractivity contribution < 1.29 is 175 Å². The Morgan fingerprint density at radius 1 is 0.288 bits per heavy atom. The molecule has 0 bridgehead atoms. The van der Waals surface area contributed by atoms with E-state index in [-0.39, 0.29) is 129 Å². The third-order valence-electron chi connectivity index (χ3n) is 21.8. The van der Waals surface area contributed by atoms with Crippen LogP contribution in [0.15, 0.2) is 0 Å². The van der Waals surface area contributed by atoms with Gasteiger partial charge in [-0.25, -0.2) is 0 Å². The van der Waals surface area contributed by atoms with Crippen LogP contribution in [0.2, 0.25) is 0 Å². The van der Waals surface area contributed by atoms with Gasteiger partial charge in [-0.2, -0.15) is 0 Å². The summed E-state index contributed by atoms with van der Waals surface area (Å²) in [5, 5.41) is 236. The van der Waals surface area contributed by atoms with Crippen LogP contribution in [0.1, 0.15) is 152 Å². The average Bonchev–Trinajstić information content (AvgIpc) is 0.800. The predicted molar refractivity (Wildman–Crippen MR) is 423 cm³/mol. The number of aliphatic hydroxyl groups is 24. The maximum Gasteiger partial charge on any atom is 0.217 e. The number of amides is 3. The number of hydrogen-bond acceptors (Lipinski definition) is 37. The molecular formula is C78H155N5O35. The average molecular weight is 1720 g/mol. The Hall–Kier alpha value is -2.95. The zero-order valence-corrected chi connectivity index (χ0v) is 72.5. The first-order chi connectivity index (χ1) is 54.5. The van der Waals surface area contributed by atoms with Gasteiger partial charge in [0.1, 0.15) is 134 Å². The normalized spacial score (nSPS) is 41.9. The van der Waals surface area contributed by atoms with E-state index in [1.807, 2.05) is 118 Å². The zero-order valence-electron chi connectivity index (χ0n) is 72.5. The summed E-state index contributed by atoms with van der Waals surface area (Å²) in [5.41, 5.74) is 11.4. The van der Waals surface area contributed by atoms with Crippen molar-refractivity contribution in [3.8, 4) is 0 Å². The molecule has 0 aromatic heterocycles. The van der Waals surface area contributed by atoms with E-state index < -0.39 is 207 Å². The molecule has 8 aliphatic heterocycles. The molecule has 118 heavy (non-hydrogen) atoms. The Morgan fingerprint density at radius 2 is 0.542 bits per heavy atom. The monoisotopic (exact) mass is 1720 g/mol. The zero-order chi connectivity index (χ0) is 91.6. The lowest BCUT2D eigenvalue weighted by molar-refractivity contribution is -0.238. The second-order valence-corrected chi connectivity index (χ2v) is 34.6. The quantitative estimate of drug-likeness (QED) is 0.0643. The van der Waals surface area contributed by atoms with Gasteiger partial charge in [0.05, 0.1) is 131 Å². The summed E-state index contributed by atoms with van der Waals surface area (Å²) in [7, 11) is 0. The first-order valence-electron chi connectivity index (χ1n) is 41.0. The largest absolute Gasteiger partial charge is 0.394 e. The van der Waals surface area contributed by atoms with Crippen LogP contribution >= 0.6 is 0 Å². The molecule has 0 aromatic rings. The summed E-state index contributed by atoms with van der Waals surface area (Å²) < 4.78 is 43.4. The molecule has 0 saturated carbocycles. The molecule has 0 spiro atoms. The topological polar surface area (TPSA) is 699 Å². The van der Waals surface area contributed by atoms with E-state index in [0.717, 1.165) is 6.42 Å². The number of aliphatic hydroxyl groups excluding tert-OH is 24. The number of ether oxygens (including phenoxy) is 8. The Morgan fingerprint density at radius 3 is 0.839 bits per heavy atom. The number of hydrogen-bond donors (Lipinski definition) is 29. The SMILES string of the molecule is CC(=O)NC1[C@H](O)C(CO)O[C@@H](C(C)C)[C@H]1O.CC(=O)NCC1O[C@@H](C(C)C)[C@@H](O)C(O)[C@@H]1O.CC(=O)N[C@H]1C(O)[C@H](O)C(CO)O[C@H]1C(C)C.CC(C)[C@@H]1OC(CO)[C@@H](O)C(O)[C@H]1O.CC(C)[C@@H]1OC(CO)[C@H](O)C(O)[C@@H]1O.CC(C)[C@@H]1OC(CO)[C@H](O)C(O)[C@H]1O.CC1CC(N)[C@H](O)[C@H](C(C)C)O1.CC1O[C@@H](C(C)C)[C@@H](O)C(N)[C@@H]1O.